The Morgan fingerprint density at radius 3 is 2.30 bits per heavy atom. The molecule has 2 nitrogen and oxygen atoms in total. The topological polar surface area (TPSA) is 18.5 Å². The first-order valence-corrected chi connectivity index (χ1v) is 3.85. The molecule has 62 valence electrons. The zero-order chi connectivity index (χ0) is 8.04. The van der Waals surface area contributed by atoms with E-state index in [9.17, 15) is 0 Å². The van der Waals surface area contributed by atoms with E-state index >= 15 is 0 Å². The van der Waals surface area contributed by atoms with Gasteiger partial charge in [0.1, 0.15) is 0 Å². The van der Waals surface area contributed by atoms with Crippen molar-refractivity contribution >= 4 is 11.6 Å². The highest BCUT2D eigenvalue weighted by molar-refractivity contribution is 6.18. The van der Waals surface area contributed by atoms with E-state index < -0.39 is 0 Å². The van der Waals surface area contributed by atoms with Crippen molar-refractivity contribution in [3.63, 3.8) is 0 Å². The Balaban J connectivity index is 3.28. The van der Waals surface area contributed by atoms with Crippen molar-refractivity contribution in [1.82, 2.24) is 0 Å². The average molecular weight is 167 g/mol. The summed E-state index contributed by atoms with van der Waals surface area (Å²) >= 11 is 5.61. The molecule has 0 aliphatic rings. The lowest BCUT2D eigenvalue weighted by Crippen LogP contribution is -2.28. The third kappa shape index (κ3) is 5.03. The number of hydrogen-bond acceptors (Lipinski definition) is 2. The van der Waals surface area contributed by atoms with Gasteiger partial charge in [-0.05, 0) is 13.8 Å². The summed E-state index contributed by atoms with van der Waals surface area (Å²) in [5.41, 5.74) is -0.222. The Labute approximate surface area is 67.5 Å². The number of ether oxygens (including phenoxy) is 2. The van der Waals surface area contributed by atoms with Crippen LogP contribution in [-0.2, 0) is 9.47 Å². The van der Waals surface area contributed by atoms with Crippen molar-refractivity contribution in [2.75, 3.05) is 26.2 Å². The molecular formula is C7H15ClO2. The highest BCUT2D eigenvalue weighted by Crippen LogP contribution is 2.09. The molecule has 0 spiro atoms. The zero-order valence-electron chi connectivity index (χ0n) is 6.82. The SMILES string of the molecule is COCCOC(C)(C)CCl. The van der Waals surface area contributed by atoms with Gasteiger partial charge in [-0.2, -0.15) is 0 Å². The first kappa shape index (κ1) is 10.2. The number of methoxy groups -OCH3 is 1. The van der Waals surface area contributed by atoms with Crippen LogP contribution in [0.1, 0.15) is 13.8 Å². The van der Waals surface area contributed by atoms with E-state index in [1.54, 1.807) is 7.11 Å². The standard InChI is InChI=1S/C7H15ClO2/c1-7(2,6-8)10-5-4-9-3/h4-6H2,1-3H3. The lowest BCUT2D eigenvalue weighted by atomic mass is 10.2. The summed E-state index contributed by atoms with van der Waals surface area (Å²) in [6, 6.07) is 0. The van der Waals surface area contributed by atoms with Crippen molar-refractivity contribution < 1.29 is 9.47 Å². The van der Waals surface area contributed by atoms with Crippen LogP contribution < -0.4 is 0 Å². The maximum atomic E-state index is 5.61. The van der Waals surface area contributed by atoms with Crippen LogP contribution in [0.15, 0.2) is 0 Å². The number of hydrogen-bond donors (Lipinski definition) is 0. The van der Waals surface area contributed by atoms with Crippen molar-refractivity contribution in [3.8, 4) is 0 Å². The lowest BCUT2D eigenvalue weighted by Gasteiger charge is -2.21. The molecule has 0 aromatic heterocycles. The minimum absolute atomic E-state index is 0.222. The molecule has 0 atom stereocenters. The molecule has 0 radical (unpaired) electrons. The lowest BCUT2D eigenvalue weighted by molar-refractivity contribution is -0.0248. The van der Waals surface area contributed by atoms with Crippen LogP contribution in [0.5, 0.6) is 0 Å². The van der Waals surface area contributed by atoms with Gasteiger partial charge in [-0.15, -0.1) is 11.6 Å². The number of alkyl halides is 1. The fraction of sp³-hybridized carbons (Fsp3) is 1.00. The van der Waals surface area contributed by atoms with E-state index in [-0.39, 0.29) is 5.60 Å². The van der Waals surface area contributed by atoms with Gasteiger partial charge in [0.05, 0.1) is 24.7 Å². The second-order valence-corrected chi connectivity index (χ2v) is 3.00. The highest BCUT2D eigenvalue weighted by Gasteiger charge is 2.15. The van der Waals surface area contributed by atoms with Gasteiger partial charge >= 0.3 is 0 Å². The summed E-state index contributed by atoms with van der Waals surface area (Å²) in [5, 5.41) is 0. The van der Waals surface area contributed by atoms with Gasteiger partial charge in [0.25, 0.3) is 0 Å². The molecule has 10 heavy (non-hydrogen) atoms. The van der Waals surface area contributed by atoms with Gasteiger partial charge < -0.3 is 9.47 Å². The van der Waals surface area contributed by atoms with Gasteiger partial charge in [0, 0.05) is 7.11 Å². The first-order chi connectivity index (χ1) is 4.62. The van der Waals surface area contributed by atoms with Crippen molar-refractivity contribution in [1.29, 1.82) is 0 Å². The van der Waals surface area contributed by atoms with Crippen molar-refractivity contribution in [3.05, 3.63) is 0 Å². The minimum atomic E-state index is -0.222. The van der Waals surface area contributed by atoms with Crippen molar-refractivity contribution in [2.24, 2.45) is 0 Å². The molecule has 0 aliphatic carbocycles. The molecule has 0 aromatic carbocycles. The molecule has 0 N–H and O–H groups in total. The van der Waals surface area contributed by atoms with Crippen LogP contribution >= 0.6 is 11.6 Å². The normalized spacial score (nSPS) is 12.0. The monoisotopic (exact) mass is 166 g/mol. The summed E-state index contributed by atoms with van der Waals surface area (Å²) in [7, 11) is 1.65. The summed E-state index contributed by atoms with van der Waals surface area (Å²) < 4.78 is 10.2. The van der Waals surface area contributed by atoms with Crippen LogP contribution in [-0.4, -0.2) is 31.8 Å². The summed E-state index contributed by atoms with van der Waals surface area (Å²) in [6.07, 6.45) is 0. The quantitative estimate of drug-likeness (QED) is 0.457. The number of halogens is 1. The van der Waals surface area contributed by atoms with Crippen molar-refractivity contribution in [2.45, 2.75) is 19.4 Å². The van der Waals surface area contributed by atoms with Crippen LogP contribution in [0.3, 0.4) is 0 Å². The van der Waals surface area contributed by atoms with Crippen LogP contribution in [0.4, 0.5) is 0 Å². The van der Waals surface area contributed by atoms with Gasteiger partial charge in [-0.1, -0.05) is 0 Å². The molecule has 0 aliphatic heterocycles. The Bertz CT molecular complexity index is 83.7. The Hall–Kier alpha value is 0.210. The first-order valence-electron chi connectivity index (χ1n) is 3.31. The smallest absolute Gasteiger partial charge is 0.0762 e. The fourth-order valence-electron chi connectivity index (χ4n) is 0.440. The van der Waals surface area contributed by atoms with E-state index in [1.165, 1.54) is 0 Å². The van der Waals surface area contributed by atoms with Gasteiger partial charge in [0.15, 0.2) is 0 Å². The van der Waals surface area contributed by atoms with E-state index in [2.05, 4.69) is 0 Å². The predicted octanol–water partition coefficient (Wildman–Crippen LogP) is 1.67. The van der Waals surface area contributed by atoms with Crippen LogP contribution in [0.25, 0.3) is 0 Å². The van der Waals surface area contributed by atoms with Crippen LogP contribution in [0.2, 0.25) is 0 Å². The van der Waals surface area contributed by atoms with Crippen LogP contribution in [0, 0.1) is 0 Å². The summed E-state index contributed by atoms with van der Waals surface area (Å²) in [4.78, 5) is 0. The van der Waals surface area contributed by atoms with E-state index in [0.29, 0.717) is 19.1 Å². The maximum Gasteiger partial charge on any atom is 0.0762 e. The number of rotatable bonds is 5. The fourth-order valence-corrected chi connectivity index (χ4v) is 0.517. The molecule has 0 unspecified atom stereocenters. The summed E-state index contributed by atoms with van der Waals surface area (Å²) in [6.45, 7) is 5.14. The molecule has 0 saturated carbocycles. The molecule has 0 saturated heterocycles. The largest absolute Gasteiger partial charge is 0.382 e. The molecule has 3 heteroatoms. The van der Waals surface area contributed by atoms with E-state index in [1.807, 2.05) is 13.8 Å². The zero-order valence-corrected chi connectivity index (χ0v) is 7.57. The Kier molecular flexibility index (Phi) is 5.04. The molecule has 0 amide bonds. The third-order valence-electron chi connectivity index (χ3n) is 1.10. The predicted molar refractivity (Wildman–Crippen MR) is 42.6 cm³/mol. The second-order valence-electron chi connectivity index (χ2n) is 2.73. The molecular weight excluding hydrogens is 152 g/mol. The van der Waals surface area contributed by atoms with Gasteiger partial charge in [-0.25, -0.2) is 0 Å². The molecule has 0 aromatic rings. The minimum Gasteiger partial charge on any atom is -0.382 e. The molecule has 0 bridgehead atoms. The maximum absolute atomic E-state index is 5.61. The van der Waals surface area contributed by atoms with Gasteiger partial charge in [-0.3, -0.25) is 0 Å². The second kappa shape index (κ2) is 4.94. The Morgan fingerprint density at radius 1 is 1.30 bits per heavy atom. The summed E-state index contributed by atoms with van der Waals surface area (Å²) in [5.74, 6) is 0.511. The van der Waals surface area contributed by atoms with E-state index in [0.717, 1.165) is 0 Å². The Morgan fingerprint density at radius 2 is 1.90 bits per heavy atom. The highest BCUT2D eigenvalue weighted by atomic mass is 35.5. The molecule has 0 rings (SSSR count). The average Bonchev–Trinajstić information content (AvgIpc) is 1.89. The molecule has 0 fully saturated rings. The van der Waals surface area contributed by atoms with E-state index in [4.69, 9.17) is 21.1 Å². The third-order valence-corrected chi connectivity index (χ3v) is 1.75. The van der Waals surface area contributed by atoms with Gasteiger partial charge in [0.2, 0.25) is 0 Å². The molecule has 0 heterocycles.